The van der Waals surface area contributed by atoms with E-state index in [1.807, 2.05) is 31.2 Å². The van der Waals surface area contributed by atoms with Crippen LogP contribution in [0.25, 0.3) is 0 Å². The topological polar surface area (TPSA) is 50.7 Å². The van der Waals surface area contributed by atoms with Crippen LogP contribution in [0.15, 0.2) is 52.0 Å². The Morgan fingerprint density at radius 1 is 1.18 bits per heavy atom. The minimum absolute atomic E-state index is 0.253. The summed E-state index contributed by atoms with van der Waals surface area (Å²) < 4.78 is 7.05. The lowest BCUT2D eigenvalue weighted by atomic mass is 10.1. The molecule has 22 heavy (non-hydrogen) atoms. The minimum Gasteiger partial charge on any atom is -0.496 e. The molecule has 6 heteroatoms. The first kappa shape index (κ1) is 17.0. The minimum atomic E-state index is -0.253. The zero-order valence-electron chi connectivity index (χ0n) is 12.1. The molecule has 114 valence electrons. The van der Waals surface area contributed by atoms with Crippen molar-refractivity contribution in [3.63, 3.8) is 0 Å². The van der Waals surface area contributed by atoms with Gasteiger partial charge in [-0.2, -0.15) is 5.10 Å². The number of rotatable bonds is 4. The zero-order valence-corrected chi connectivity index (χ0v) is 15.8. The maximum atomic E-state index is 12.1. The Kier molecular flexibility index (Phi) is 5.96. The van der Waals surface area contributed by atoms with Crippen molar-refractivity contribution in [3.8, 4) is 5.75 Å². The van der Waals surface area contributed by atoms with Crippen LogP contribution in [0.3, 0.4) is 0 Å². The molecular formula is C16H14BrIN2O2. The highest BCUT2D eigenvalue weighted by Gasteiger charge is 2.08. The van der Waals surface area contributed by atoms with Gasteiger partial charge in [0.25, 0.3) is 5.91 Å². The van der Waals surface area contributed by atoms with Gasteiger partial charge >= 0.3 is 0 Å². The number of carbonyl (C=O) groups excluding carboxylic acids is 1. The van der Waals surface area contributed by atoms with Crippen LogP contribution in [0.2, 0.25) is 0 Å². The van der Waals surface area contributed by atoms with Gasteiger partial charge in [-0.1, -0.05) is 28.1 Å². The molecule has 0 bridgehead atoms. The van der Waals surface area contributed by atoms with Gasteiger partial charge < -0.3 is 4.74 Å². The number of amides is 1. The smallest absolute Gasteiger partial charge is 0.271 e. The number of halogens is 2. The predicted molar refractivity (Wildman–Crippen MR) is 99.5 cm³/mol. The lowest BCUT2D eigenvalue weighted by Crippen LogP contribution is -2.19. The summed E-state index contributed by atoms with van der Waals surface area (Å²) in [5, 5.41) is 4.14. The number of nitrogens with zero attached hydrogens (tertiary/aromatic N) is 1. The SMILES string of the molecule is COc1ccc(C(=O)N/N=C(\C)c2ccc(Br)cc2)cc1I. The van der Waals surface area contributed by atoms with Gasteiger partial charge in [0.05, 0.1) is 16.4 Å². The Morgan fingerprint density at radius 2 is 1.82 bits per heavy atom. The van der Waals surface area contributed by atoms with Gasteiger partial charge in [-0.25, -0.2) is 5.43 Å². The van der Waals surface area contributed by atoms with E-state index in [4.69, 9.17) is 4.74 Å². The molecule has 0 aliphatic heterocycles. The van der Waals surface area contributed by atoms with Crippen LogP contribution in [-0.2, 0) is 0 Å². The number of methoxy groups -OCH3 is 1. The lowest BCUT2D eigenvalue weighted by molar-refractivity contribution is 0.0954. The second-order valence-corrected chi connectivity index (χ2v) is 6.57. The summed E-state index contributed by atoms with van der Waals surface area (Å²) in [6.07, 6.45) is 0. The van der Waals surface area contributed by atoms with Gasteiger partial charge in [0.1, 0.15) is 5.75 Å². The third kappa shape index (κ3) is 4.30. The Bertz CT molecular complexity index is 715. The second-order valence-electron chi connectivity index (χ2n) is 4.49. The Balaban J connectivity index is 2.10. The first-order valence-electron chi connectivity index (χ1n) is 6.45. The van der Waals surface area contributed by atoms with Crippen LogP contribution in [0.4, 0.5) is 0 Å². The average Bonchev–Trinajstić information content (AvgIpc) is 2.52. The third-order valence-electron chi connectivity index (χ3n) is 3.00. The molecule has 0 fully saturated rings. The van der Waals surface area contributed by atoms with Crippen molar-refractivity contribution in [1.82, 2.24) is 5.43 Å². The highest BCUT2D eigenvalue weighted by molar-refractivity contribution is 14.1. The molecule has 1 N–H and O–H groups in total. The maximum Gasteiger partial charge on any atom is 0.271 e. The number of ether oxygens (including phenoxy) is 1. The van der Waals surface area contributed by atoms with Gasteiger partial charge in [0.15, 0.2) is 0 Å². The summed E-state index contributed by atoms with van der Waals surface area (Å²) >= 11 is 5.51. The highest BCUT2D eigenvalue weighted by atomic mass is 127. The molecule has 0 radical (unpaired) electrons. The number of hydrogen-bond donors (Lipinski definition) is 1. The summed E-state index contributed by atoms with van der Waals surface area (Å²) in [5.74, 6) is 0.490. The highest BCUT2D eigenvalue weighted by Crippen LogP contribution is 2.21. The first-order chi connectivity index (χ1) is 10.5. The van der Waals surface area contributed by atoms with Crippen molar-refractivity contribution in [2.45, 2.75) is 6.92 Å². The molecule has 2 aromatic rings. The van der Waals surface area contributed by atoms with Gasteiger partial charge in [-0.3, -0.25) is 4.79 Å². The van der Waals surface area contributed by atoms with E-state index in [0.29, 0.717) is 5.56 Å². The number of hydrazone groups is 1. The van der Waals surface area contributed by atoms with E-state index in [9.17, 15) is 4.79 Å². The van der Waals surface area contributed by atoms with Crippen LogP contribution in [0, 0.1) is 3.57 Å². The van der Waals surface area contributed by atoms with E-state index in [-0.39, 0.29) is 5.91 Å². The van der Waals surface area contributed by atoms with Crippen LogP contribution < -0.4 is 10.2 Å². The van der Waals surface area contributed by atoms with Gasteiger partial charge in [-0.05, 0) is 65.4 Å². The normalized spacial score (nSPS) is 11.2. The summed E-state index contributed by atoms with van der Waals surface area (Å²) in [6, 6.07) is 13.0. The number of benzene rings is 2. The molecular weight excluding hydrogens is 459 g/mol. The molecule has 0 aliphatic rings. The molecule has 2 aromatic carbocycles. The van der Waals surface area contributed by atoms with Crippen LogP contribution in [0.1, 0.15) is 22.8 Å². The van der Waals surface area contributed by atoms with Crippen molar-refractivity contribution < 1.29 is 9.53 Å². The van der Waals surface area contributed by atoms with Gasteiger partial charge in [0.2, 0.25) is 0 Å². The quantitative estimate of drug-likeness (QED) is 0.411. The van der Waals surface area contributed by atoms with Crippen LogP contribution in [-0.4, -0.2) is 18.7 Å². The standard InChI is InChI=1S/C16H14BrIN2O2/c1-10(11-3-6-13(17)7-4-11)19-20-16(21)12-5-8-15(22-2)14(18)9-12/h3-9H,1-2H3,(H,20,21)/b19-10+. The average molecular weight is 473 g/mol. The molecule has 4 nitrogen and oxygen atoms in total. The second kappa shape index (κ2) is 7.73. The largest absolute Gasteiger partial charge is 0.496 e. The predicted octanol–water partition coefficient (Wildman–Crippen LogP) is 4.22. The molecule has 0 unspecified atom stereocenters. The van der Waals surface area contributed by atoms with Crippen molar-refractivity contribution in [2.24, 2.45) is 5.10 Å². The monoisotopic (exact) mass is 472 g/mol. The number of nitrogens with one attached hydrogen (secondary N) is 1. The maximum absolute atomic E-state index is 12.1. The van der Waals surface area contributed by atoms with E-state index >= 15 is 0 Å². The molecule has 2 rings (SSSR count). The summed E-state index contributed by atoms with van der Waals surface area (Å²) in [7, 11) is 1.60. The lowest BCUT2D eigenvalue weighted by Gasteiger charge is -2.06. The molecule has 0 aromatic heterocycles. The fourth-order valence-corrected chi connectivity index (χ4v) is 2.76. The van der Waals surface area contributed by atoms with Crippen molar-refractivity contribution in [1.29, 1.82) is 0 Å². The summed E-state index contributed by atoms with van der Waals surface area (Å²) in [6.45, 7) is 1.85. The van der Waals surface area contributed by atoms with Gasteiger partial charge in [0, 0.05) is 10.0 Å². The fourth-order valence-electron chi connectivity index (χ4n) is 1.76. The summed E-state index contributed by atoms with van der Waals surface area (Å²) in [4.78, 5) is 12.1. The third-order valence-corrected chi connectivity index (χ3v) is 4.37. The van der Waals surface area contributed by atoms with E-state index in [0.717, 1.165) is 25.1 Å². The fraction of sp³-hybridized carbons (Fsp3) is 0.125. The number of carbonyl (C=O) groups is 1. The van der Waals surface area contributed by atoms with Crippen LogP contribution >= 0.6 is 38.5 Å². The zero-order chi connectivity index (χ0) is 16.1. The van der Waals surface area contributed by atoms with Gasteiger partial charge in [-0.15, -0.1) is 0 Å². The molecule has 1 amide bonds. The molecule has 0 saturated carbocycles. The number of hydrogen-bond acceptors (Lipinski definition) is 3. The van der Waals surface area contributed by atoms with E-state index in [1.165, 1.54) is 0 Å². The Morgan fingerprint density at radius 3 is 2.41 bits per heavy atom. The molecule has 0 saturated heterocycles. The summed E-state index contributed by atoms with van der Waals surface area (Å²) in [5.41, 5.74) is 4.80. The molecule has 0 heterocycles. The molecule has 0 atom stereocenters. The Hall–Kier alpha value is -1.41. The van der Waals surface area contributed by atoms with Crippen molar-refractivity contribution in [3.05, 3.63) is 61.6 Å². The molecule has 0 aliphatic carbocycles. The van der Waals surface area contributed by atoms with E-state index in [1.54, 1.807) is 25.3 Å². The van der Waals surface area contributed by atoms with E-state index in [2.05, 4.69) is 49.0 Å². The van der Waals surface area contributed by atoms with Crippen LogP contribution in [0.5, 0.6) is 5.75 Å². The van der Waals surface area contributed by atoms with E-state index < -0.39 is 0 Å². The van der Waals surface area contributed by atoms with Crippen molar-refractivity contribution in [2.75, 3.05) is 7.11 Å². The molecule has 0 spiro atoms. The Labute approximate surface area is 151 Å². The van der Waals surface area contributed by atoms with Crippen molar-refractivity contribution >= 4 is 50.1 Å². The first-order valence-corrected chi connectivity index (χ1v) is 8.32.